The SMILES string of the molecule is C[Si](C)(Oc1cccc2ccccc12)Oc1cccc2ccccc12. The number of hydrogen-bond acceptors (Lipinski definition) is 2. The first kappa shape index (κ1) is 15.7. The van der Waals surface area contributed by atoms with Crippen LogP contribution in [0.1, 0.15) is 0 Å². The van der Waals surface area contributed by atoms with Crippen molar-refractivity contribution in [1.82, 2.24) is 0 Å². The van der Waals surface area contributed by atoms with Gasteiger partial charge in [0.05, 0.1) is 0 Å². The second kappa shape index (κ2) is 6.26. The van der Waals surface area contributed by atoms with Crippen LogP contribution in [0.3, 0.4) is 0 Å². The molecule has 0 aliphatic heterocycles. The lowest BCUT2D eigenvalue weighted by Gasteiger charge is -2.26. The largest absolute Gasteiger partial charge is 0.512 e. The van der Waals surface area contributed by atoms with Gasteiger partial charge in [-0.3, -0.25) is 0 Å². The molecule has 4 aromatic carbocycles. The van der Waals surface area contributed by atoms with Crippen molar-refractivity contribution >= 4 is 30.1 Å². The highest BCUT2D eigenvalue weighted by atomic mass is 28.4. The minimum Gasteiger partial charge on any atom is -0.512 e. The molecule has 0 saturated heterocycles. The van der Waals surface area contributed by atoms with E-state index in [9.17, 15) is 0 Å². The van der Waals surface area contributed by atoms with Crippen LogP contribution in [0.2, 0.25) is 13.1 Å². The van der Waals surface area contributed by atoms with Gasteiger partial charge in [-0.2, -0.15) is 0 Å². The van der Waals surface area contributed by atoms with Crippen LogP contribution < -0.4 is 8.85 Å². The quantitative estimate of drug-likeness (QED) is 0.413. The molecule has 0 amide bonds. The maximum absolute atomic E-state index is 6.38. The first-order valence-electron chi connectivity index (χ1n) is 8.46. The molecule has 0 saturated carbocycles. The molecule has 0 aliphatic carbocycles. The standard InChI is InChI=1S/C22H20O2Si/c1-25(2,23-21-15-7-11-17-9-3-5-13-19(17)21)24-22-16-8-12-18-10-4-6-14-20(18)22/h3-16H,1-2H3. The lowest BCUT2D eigenvalue weighted by atomic mass is 10.1. The van der Waals surface area contributed by atoms with Crippen LogP contribution in [-0.4, -0.2) is 8.56 Å². The van der Waals surface area contributed by atoms with E-state index >= 15 is 0 Å². The summed E-state index contributed by atoms with van der Waals surface area (Å²) in [6, 6.07) is 28.8. The van der Waals surface area contributed by atoms with Crippen molar-refractivity contribution in [1.29, 1.82) is 0 Å². The Morgan fingerprint density at radius 2 is 0.920 bits per heavy atom. The van der Waals surface area contributed by atoms with E-state index in [1.165, 1.54) is 10.8 Å². The average molecular weight is 344 g/mol. The predicted octanol–water partition coefficient (Wildman–Crippen LogP) is 6.15. The summed E-state index contributed by atoms with van der Waals surface area (Å²) in [6.45, 7) is 4.16. The van der Waals surface area contributed by atoms with Crippen molar-refractivity contribution in [2.45, 2.75) is 13.1 Å². The Kier molecular flexibility index (Phi) is 3.94. The minimum atomic E-state index is -2.42. The summed E-state index contributed by atoms with van der Waals surface area (Å²) in [5.74, 6) is 1.77. The number of rotatable bonds is 4. The Hall–Kier alpha value is -2.78. The number of benzene rings is 4. The van der Waals surface area contributed by atoms with E-state index in [-0.39, 0.29) is 0 Å². The normalized spacial score (nSPS) is 11.6. The van der Waals surface area contributed by atoms with Gasteiger partial charge in [0.15, 0.2) is 0 Å². The molecule has 4 aromatic rings. The molecule has 4 rings (SSSR count). The van der Waals surface area contributed by atoms with E-state index in [1.54, 1.807) is 0 Å². The maximum Gasteiger partial charge on any atom is 0.454 e. The highest BCUT2D eigenvalue weighted by molar-refractivity contribution is 6.66. The smallest absolute Gasteiger partial charge is 0.454 e. The molecule has 0 N–H and O–H groups in total. The fourth-order valence-electron chi connectivity index (χ4n) is 3.12. The highest BCUT2D eigenvalue weighted by Gasteiger charge is 2.30. The summed E-state index contributed by atoms with van der Waals surface area (Å²) < 4.78 is 12.8. The van der Waals surface area contributed by atoms with Crippen LogP contribution in [0.15, 0.2) is 84.9 Å². The Morgan fingerprint density at radius 1 is 0.520 bits per heavy atom. The molecule has 0 radical (unpaired) electrons. The third-order valence-electron chi connectivity index (χ3n) is 4.21. The predicted molar refractivity (Wildman–Crippen MR) is 107 cm³/mol. The molecule has 0 aromatic heterocycles. The van der Waals surface area contributed by atoms with Crippen molar-refractivity contribution in [2.24, 2.45) is 0 Å². The van der Waals surface area contributed by atoms with Gasteiger partial charge < -0.3 is 8.85 Å². The summed E-state index contributed by atoms with van der Waals surface area (Å²) >= 11 is 0. The minimum absolute atomic E-state index is 0.884. The fraction of sp³-hybridized carbons (Fsp3) is 0.0909. The van der Waals surface area contributed by atoms with Gasteiger partial charge in [0.1, 0.15) is 11.5 Å². The van der Waals surface area contributed by atoms with Gasteiger partial charge in [0.2, 0.25) is 0 Å². The molecule has 0 bridgehead atoms. The van der Waals surface area contributed by atoms with Crippen LogP contribution in [0.5, 0.6) is 11.5 Å². The van der Waals surface area contributed by atoms with Crippen LogP contribution in [0.25, 0.3) is 21.5 Å². The molecule has 0 unspecified atom stereocenters. The van der Waals surface area contributed by atoms with Gasteiger partial charge in [-0.25, -0.2) is 0 Å². The zero-order chi connectivity index (χ0) is 17.3. The fourth-order valence-corrected chi connectivity index (χ4v) is 4.58. The van der Waals surface area contributed by atoms with Gasteiger partial charge in [0, 0.05) is 23.9 Å². The lowest BCUT2D eigenvalue weighted by Crippen LogP contribution is -2.41. The summed E-state index contributed by atoms with van der Waals surface area (Å²) in [4.78, 5) is 0. The van der Waals surface area contributed by atoms with Crippen LogP contribution in [0.4, 0.5) is 0 Å². The van der Waals surface area contributed by atoms with Gasteiger partial charge in [-0.05, 0) is 22.9 Å². The molecular weight excluding hydrogens is 324 g/mol. The molecule has 3 heteroatoms. The second-order valence-electron chi connectivity index (χ2n) is 6.56. The van der Waals surface area contributed by atoms with Crippen molar-refractivity contribution in [3.05, 3.63) is 84.9 Å². The highest BCUT2D eigenvalue weighted by Crippen LogP contribution is 2.31. The molecule has 0 aliphatic rings. The number of hydrogen-bond donors (Lipinski definition) is 0. The van der Waals surface area contributed by atoms with Crippen molar-refractivity contribution in [2.75, 3.05) is 0 Å². The number of fused-ring (bicyclic) bond motifs is 2. The van der Waals surface area contributed by atoms with E-state index < -0.39 is 8.56 Å². The van der Waals surface area contributed by atoms with E-state index in [1.807, 2.05) is 48.5 Å². The first-order valence-corrected chi connectivity index (χ1v) is 11.3. The topological polar surface area (TPSA) is 18.5 Å². The molecular formula is C22H20O2Si. The van der Waals surface area contributed by atoms with Crippen molar-refractivity contribution < 1.29 is 8.85 Å². The van der Waals surface area contributed by atoms with Crippen LogP contribution >= 0.6 is 0 Å². The van der Waals surface area contributed by atoms with Gasteiger partial charge in [0.25, 0.3) is 0 Å². The Labute approximate surface area is 148 Å². The van der Waals surface area contributed by atoms with Crippen molar-refractivity contribution in [3.63, 3.8) is 0 Å². The van der Waals surface area contributed by atoms with E-state index in [0.29, 0.717) is 0 Å². The first-order chi connectivity index (χ1) is 12.1. The summed E-state index contributed by atoms with van der Waals surface area (Å²) in [5, 5.41) is 4.59. The van der Waals surface area contributed by atoms with Crippen molar-refractivity contribution in [3.8, 4) is 11.5 Å². The third kappa shape index (κ3) is 3.23. The molecule has 124 valence electrons. The average Bonchev–Trinajstić information content (AvgIpc) is 2.62. The Bertz CT molecular complexity index is 946. The monoisotopic (exact) mass is 344 g/mol. The molecule has 25 heavy (non-hydrogen) atoms. The second-order valence-corrected chi connectivity index (χ2v) is 9.77. The zero-order valence-corrected chi connectivity index (χ0v) is 15.4. The summed E-state index contributed by atoms with van der Waals surface area (Å²) in [7, 11) is -2.42. The van der Waals surface area contributed by atoms with Gasteiger partial charge in [-0.15, -0.1) is 0 Å². The zero-order valence-electron chi connectivity index (χ0n) is 14.4. The van der Waals surface area contributed by atoms with Crippen LogP contribution in [0, 0.1) is 0 Å². The van der Waals surface area contributed by atoms with Gasteiger partial charge >= 0.3 is 8.56 Å². The summed E-state index contributed by atoms with van der Waals surface area (Å²) in [6.07, 6.45) is 0. The molecule has 0 atom stereocenters. The van der Waals surface area contributed by atoms with Crippen LogP contribution in [-0.2, 0) is 0 Å². The Balaban J connectivity index is 1.67. The third-order valence-corrected chi connectivity index (χ3v) is 5.63. The molecule has 2 nitrogen and oxygen atoms in total. The maximum atomic E-state index is 6.38. The molecule has 0 heterocycles. The van der Waals surface area contributed by atoms with E-state index in [2.05, 4.69) is 49.5 Å². The van der Waals surface area contributed by atoms with E-state index in [0.717, 1.165) is 22.3 Å². The van der Waals surface area contributed by atoms with Gasteiger partial charge in [-0.1, -0.05) is 72.8 Å². The Morgan fingerprint density at radius 3 is 1.40 bits per heavy atom. The lowest BCUT2D eigenvalue weighted by molar-refractivity contribution is 0.405. The van der Waals surface area contributed by atoms with E-state index in [4.69, 9.17) is 8.85 Å². The molecule has 0 spiro atoms. The summed E-state index contributed by atoms with van der Waals surface area (Å²) in [5.41, 5.74) is 0. The molecule has 0 fully saturated rings.